The number of furan rings is 1. The van der Waals surface area contributed by atoms with Crippen molar-refractivity contribution in [2.24, 2.45) is 0 Å². The predicted octanol–water partition coefficient (Wildman–Crippen LogP) is 4.46. The van der Waals surface area contributed by atoms with E-state index >= 15 is 0 Å². The summed E-state index contributed by atoms with van der Waals surface area (Å²) in [4.78, 5) is 12.3. The van der Waals surface area contributed by atoms with Gasteiger partial charge in [-0.25, -0.2) is 4.79 Å². The zero-order valence-corrected chi connectivity index (χ0v) is 15.3. The van der Waals surface area contributed by atoms with Gasteiger partial charge in [0.05, 0.1) is 19.8 Å². The highest BCUT2D eigenvalue weighted by atomic mass is 16.5. The van der Waals surface area contributed by atoms with E-state index in [1.54, 1.807) is 24.3 Å². The smallest absolute Gasteiger partial charge is 0.338 e. The van der Waals surface area contributed by atoms with Crippen molar-refractivity contribution >= 4 is 16.9 Å². The van der Waals surface area contributed by atoms with Crippen LogP contribution in [0.3, 0.4) is 0 Å². The lowest BCUT2D eigenvalue weighted by atomic mass is 10.2. The highest BCUT2D eigenvalue weighted by Gasteiger charge is 2.15. The zero-order valence-electron chi connectivity index (χ0n) is 15.3. The van der Waals surface area contributed by atoms with E-state index in [2.05, 4.69) is 5.16 Å². The second-order valence-corrected chi connectivity index (χ2v) is 6.01. The standard InChI is InChI=1S/C21H17NO6/c1-24-16-7-14(8-17(11-16)25-2)21(23)26-12-15-10-20(28-22-15)19-9-13-5-3-4-6-18(13)27-19/h3-11H,12H2,1-2H3. The number of benzene rings is 2. The molecule has 0 spiro atoms. The van der Waals surface area contributed by atoms with Crippen molar-refractivity contribution in [3.05, 3.63) is 65.9 Å². The first-order valence-corrected chi connectivity index (χ1v) is 8.51. The SMILES string of the molecule is COc1cc(OC)cc(C(=O)OCc2cc(-c3cc4ccccc4o3)on2)c1. The highest BCUT2D eigenvalue weighted by Crippen LogP contribution is 2.28. The van der Waals surface area contributed by atoms with E-state index in [9.17, 15) is 4.79 Å². The molecule has 0 atom stereocenters. The Labute approximate surface area is 160 Å². The summed E-state index contributed by atoms with van der Waals surface area (Å²) in [5.74, 6) is 1.50. The van der Waals surface area contributed by atoms with Crippen LogP contribution in [0.5, 0.6) is 11.5 Å². The Morgan fingerprint density at radius 1 is 0.964 bits per heavy atom. The van der Waals surface area contributed by atoms with Crippen LogP contribution < -0.4 is 9.47 Å². The number of hydrogen-bond donors (Lipinski definition) is 0. The molecule has 0 saturated heterocycles. The molecule has 2 heterocycles. The molecule has 0 aliphatic rings. The van der Waals surface area contributed by atoms with Crippen LogP contribution in [0.25, 0.3) is 22.5 Å². The Kier molecular flexibility index (Phi) is 4.72. The average molecular weight is 379 g/mol. The molecule has 142 valence electrons. The molecular formula is C21H17NO6. The number of nitrogens with zero attached hydrogens (tertiary/aromatic N) is 1. The number of carbonyl (C=O) groups excluding carboxylic acids is 1. The third-order valence-corrected chi connectivity index (χ3v) is 4.17. The molecule has 0 fully saturated rings. The molecule has 4 rings (SSSR count). The van der Waals surface area contributed by atoms with E-state index in [0.29, 0.717) is 34.3 Å². The van der Waals surface area contributed by atoms with Crippen molar-refractivity contribution in [1.82, 2.24) is 5.16 Å². The number of ether oxygens (including phenoxy) is 3. The lowest BCUT2D eigenvalue weighted by Gasteiger charge is -2.08. The normalized spacial score (nSPS) is 10.8. The molecule has 2 aromatic carbocycles. The third-order valence-electron chi connectivity index (χ3n) is 4.17. The van der Waals surface area contributed by atoms with Gasteiger partial charge in [-0.2, -0.15) is 0 Å². The van der Waals surface area contributed by atoms with Crippen molar-refractivity contribution in [2.45, 2.75) is 6.61 Å². The predicted molar refractivity (Wildman–Crippen MR) is 100 cm³/mol. The van der Waals surface area contributed by atoms with Gasteiger partial charge in [0.15, 0.2) is 5.76 Å². The minimum Gasteiger partial charge on any atom is -0.497 e. The number of esters is 1. The van der Waals surface area contributed by atoms with Crippen LogP contribution in [0, 0.1) is 0 Å². The lowest BCUT2D eigenvalue weighted by Crippen LogP contribution is -2.06. The number of para-hydroxylation sites is 1. The van der Waals surface area contributed by atoms with Crippen LogP contribution >= 0.6 is 0 Å². The number of carbonyl (C=O) groups is 1. The molecule has 7 heteroatoms. The van der Waals surface area contributed by atoms with Gasteiger partial charge in [0.1, 0.15) is 29.4 Å². The van der Waals surface area contributed by atoms with Gasteiger partial charge in [0.2, 0.25) is 5.76 Å². The van der Waals surface area contributed by atoms with Crippen molar-refractivity contribution in [3.63, 3.8) is 0 Å². The fourth-order valence-electron chi connectivity index (χ4n) is 2.75. The zero-order chi connectivity index (χ0) is 19.5. The fourth-order valence-corrected chi connectivity index (χ4v) is 2.75. The van der Waals surface area contributed by atoms with E-state index in [1.165, 1.54) is 14.2 Å². The Bertz CT molecular complexity index is 1070. The van der Waals surface area contributed by atoms with Crippen LogP contribution in [0.2, 0.25) is 0 Å². The molecule has 28 heavy (non-hydrogen) atoms. The Hall–Kier alpha value is -3.74. The van der Waals surface area contributed by atoms with E-state index in [-0.39, 0.29) is 6.61 Å². The van der Waals surface area contributed by atoms with E-state index < -0.39 is 5.97 Å². The van der Waals surface area contributed by atoms with Gasteiger partial charge >= 0.3 is 5.97 Å². The molecule has 4 aromatic rings. The molecule has 0 aliphatic heterocycles. The van der Waals surface area contributed by atoms with Crippen LogP contribution in [0.4, 0.5) is 0 Å². The van der Waals surface area contributed by atoms with Crippen LogP contribution in [0.1, 0.15) is 16.1 Å². The number of methoxy groups -OCH3 is 2. The number of aromatic nitrogens is 1. The number of hydrogen-bond acceptors (Lipinski definition) is 7. The maximum Gasteiger partial charge on any atom is 0.338 e. The molecule has 0 saturated carbocycles. The molecule has 0 aliphatic carbocycles. The molecule has 0 radical (unpaired) electrons. The first-order chi connectivity index (χ1) is 13.7. The third kappa shape index (κ3) is 3.55. The van der Waals surface area contributed by atoms with Crippen molar-refractivity contribution in [2.75, 3.05) is 14.2 Å². The van der Waals surface area contributed by atoms with Gasteiger partial charge in [-0.1, -0.05) is 23.4 Å². The van der Waals surface area contributed by atoms with Gasteiger partial charge in [-0.05, 0) is 24.3 Å². The topological polar surface area (TPSA) is 83.9 Å². The summed E-state index contributed by atoms with van der Waals surface area (Å²) in [5.41, 5.74) is 1.55. The lowest BCUT2D eigenvalue weighted by molar-refractivity contribution is 0.0463. The molecule has 2 aromatic heterocycles. The summed E-state index contributed by atoms with van der Waals surface area (Å²) in [7, 11) is 3.03. The molecule has 0 N–H and O–H groups in total. The second kappa shape index (κ2) is 7.48. The number of rotatable bonds is 6. The average Bonchev–Trinajstić information content (AvgIpc) is 3.38. The minimum atomic E-state index is -0.523. The van der Waals surface area contributed by atoms with Gasteiger partial charge in [0, 0.05) is 17.5 Å². The summed E-state index contributed by atoms with van der Waals surface area (Å²) in [6.07, 6.45) is 0. The van der Waals surface area contributed by atoms with Gasteiger partial charge in [-0.15, -0.1) is 0 Å². The maximum atomic E-state index is 12.3. The van der Waals surface area contributed by atoms with E-state index in [0.717, 1.165) is 11.0 Å². The molecule has 7 nitrogen and oxygen atoms in total. The number of fused-ring (bicyclic) bond motifs is 1. The van der Waals surface area contributed by atoms with Crippen LogP contribution in [-0.4, -0.2) is 25.3 Å². The molecule has 0 bridgehead atoms. The van der Waals surface area contributed by atoms with Crippen molar-refractivity contribution in [1.29, 1.82) is 0 Å². The quantitative estimate of drug-likeness (QED) is 0.457. The fraction of sp³-hybridized carbons (Fsp3) is 0.143. The Morgan fingerprint density at radius 3 is 2.43 bits per heavy atom. The minimum absolute atomic E-state index is 0.0396. The van der Waals surface area contributed by atoms with Crippen LogP contribution in [-0.2, 0) is 11.3 Å². The van der Waals surface area contributed by atoms with Gasteiger partial charge in [-0.3, -0.25) is 0 Å². The van der Waals surface area contributed by atoms with Gasteiger partial charge in [0.25, 0.3) is 0 Å². The van der Waals surface area contributed by atoms with Gasteiger partial charge < -0.3 is 23.2 Å². The maximum absolute atomic E-state index is 12.3. The largest absolute Gasteiger partial charge is 0.497 e. The monoisotopic (exact) mass is 379 g/mol. The summed E-state index contributed by atoms with van der Waals surface area (Å²) < 4.78 is 26.7. The summed E-state index contributed by atoms with van der Waals surface area (Å²) >= 11 is 0. The first-order valence-electron chi connectivity index (χ1n) is 8.51. The molecule has 0 unspecified atom stereocenters. The van der Waals surface area contributed by atoms with E-state index in [4.69, 9.17) is 23.2 Å². The van der Waals surface area contributed by atoms with E-state index in [1.807, 2.05) is 30.3 Å². The second-order valence-electron chi connectivity index (χ2n) is 6.01. The van der Waals surface area contributed by atoms with Crippen molar-refractivity contribution < 1.29 is 27.9 Å². The Balaban J connectivity index is 1.46. The van der Waals surface area contributed by atoms with Crippen molar-refractivity contribution in [3.8, 4) is 23.0 Å². The molecule has 0 amide bonds. The summed E-state index contributed by atoms with van der Waals surface area (Å²) in [5, 5.41) is 4.90. The summed E-state index contributed by atoms with van der Waals surface area (Å²) in [6, 6.07) is 16.0. The summed E-state index contributed by atoms with van der Waals surface area (Å²) in [6.45, 7) is -0.0396. The first kappa shape index (κ1) is 17.7. The Morgan fingerprint density at radius 2 is 1.71 bits per heavy atom. The van der Waals surface area contributed by atoms with Crippen LogP contribution in [0.15, 0.2) is 63.5 Å². The molecular weight excluding hydrogens is 362 g/mol. The highest BCUT2D eigenvalue weighted by molar-refractivity contribution is 5.90.